The van der Waals surface area contributed by atoms with E-state index in [0.29, 0.717) is 11.8 Å². The predicted molar refractivity (Wildman–Crippen MR) is 165 cm³/mol. The third kappa shape index (κ3) is 3.32. The van der Waals surface area contributed by atoms with Crippen LogP contribution in [0.2, 0.25) is 0 Å². The lowest BCUT2D eigenvalue weighted by atomic mass is 9.66. The number of allylic oxidation sites excluding steroid dienone is 4. The van der Waals surface area contributed by atoms with Gasteiger partial charge in [-0.1, -0.05) is 98.3 Å². The van der Waals surface area contributed by atoms with Gasteiger partial charge in [-0.05, 0) is 71.4 Å². The summed E-state index contributed by atoms with van der Waals surface area (Å²) in [5, 5.41) is 3.70. The van der Waals surface area contributed by atoms with Gasteiger partial charge < -0.3 is 15.0 Å². The van der Waals surface area contributed by atoms with Crippen molar-refractivity contribution in [2.75, 3.05) is 0 Å². The van der Waals surface area contributed by atoms with E-state index >= 15 is 0 Å². The first-order valence-electron chi connectivity index (χ1n) is 14.8. The van der Waals surface area contributed by atoms with Crippen molar-refractivity contribution >= 4 is 0 Å². The van der Waals surface area contributed by atoms with Crippen LogP contribution in [0.4, 0.5) is 0 Å². The zero-order valence-electron chi connectivity index (χ0n) is 23.8. The van der Waals surface area contributed by atoms with Crippen molar-refractivity contribution in [3.05, 3.63) is 155 Å². The molecule has 0 amide bonds. The van der Waals surface area contributed by atoms with Gasteiger partial charge in [-0.15, -0.1) is 0 Å². The lowest BCUT2D eigenvalue weighted by Crippen LogP contribution is -2.34. The minimum atomic E-state index is -0.450. The van der Waals surface area contributed by atoms with Gasteiger partial charge in [-0.3, -0.25) is 0 Å². The van der Waals surface area contributed by atoms with Crippen LogP contribution in [0.5, 0.6) is 11.5 Å². The Hall–Kier alpha value is -4.50. The highest BCUT2D eigenvalue weighted by Crippen LogP contribution is 2.62. The van der Waals surface area contributed by atoms with Crippen molar-refractivity contribution < 1.29 is 4.74 Å². The summed E-state index contributed by atoms with van der Waals surface area (Å²) in [6, 6.07) is 33.2. The molecule has 0 saturated carbocycles. The summed E-state index contributed by atoms with van der Waals surface area (Å²) in [5.74, 6) is 2.86. The second-order valence-corrected chi connectivity index (χ2v) is 11.8. The number of hydrogen-bond acceptors (Lipinski definition) is 3. The van der Waals surface area contributed by atoms with Gasteiger partial charge in [0.05, 0.1) is 5.41 Å². The zero-order chi connectivity index (χ0) is 27.7. The average Bonchev–Trinajstić information content (AvgIpc) is 3.59. The van der Waals surface area contributed by atoms with Crippen molar-refractivity contribution in [3.63, 3.8) is 0 Å². The van der Waals surface area contributed by atoms with Crippen LogP contribution in [-0.4, -0.2) is 4.90 Å². The molecule has 4 aromatic rings. The maximum absolute atomic E-state index is 6.52. The summed E-state index contributed by atoms with van der Waals surface area (Å²) in [6.07, 6.45) is 10.3. The molecule has 0 saturated heterocycles. The first-order chi connectivity index (χ1) is 20.1. The zero-order valence-corrected chi connectivity index (χ0v) is 23.8. The third-order valence-corrected chi connectivity index (χ3v) is 9.61. The van der Waals surface area contributed by atoms with Gasteiger partial charge in [-0.25, -0.2) is 0 Å². The predicted octanol–water partition coefficient (Wildman–Crippen LogP) is 9.04. The van der Waals surface area contributed by atoms with E-state index in [9.17, 15) is 0 Å². The van der Waals surface area contributed by atoms with Crippen molar-refractivity contribution in [2.45, 2.75) is 38.8 Å². The number of benzene rings is 4. The molecule has 0 bridgehead atoms. The van der Waals surface area contributed by atoms with Gasteiger partial charge in [-0.2, -0.15) is 0 Å². The van der Waals surface area contributed by atoms with E-state index in [2.05, 4.69) is 147 Å². The molecule has 8 rings (SSSR count). The van der Waals surface area contributed by atoms with E-state index in [4.69, 9.17) is 4.74 Å². The summed E-state index contributed by atoms with van der Waals surface area (Å²) in [7, 11) is 0. The average molecular weight is 535 g/mol. The van der Waals surface area contributed by atoms with E-state index in [0.717, 1.165) is 17.9 Å². The molecule has 41 heavy (non-hydrogen) atoms. The van der Waals surface area contributed by atoms with E-state index in [1.165, 1.54) is 50.2 Å². The van der Waals surface area contributed by atoms with Crippen LogP contribution in [0.15, 0.2) is 127 Å². The first-order valence-corrected chi connectivity index (χ1v) is 14.8. The van der Waals surface area contributed by atoms with Gasteiger partial charge in [0, 0.05) is 35.1 Å². The SMILES string of the molecule is CCC1C(N2C=CNC2c2ccc3c(c2)C2(c4ccccc4Oc4ccccc42)c2ccccc2-3)=CC(C)=CC1C. The number of para-hydroxylation sites is 2. The fraction of sp³-hybridized carbons (Fsp3) is 0.211. The topological polar surface area (TPSA) is 24.5 Å². The lowest BCUT2D eigenvalue weighted by Gasteiger charge is -2.40. The molecule has 4 aliphatic rings. The second kappa shape index (κ2) is 9.01. The minimum absolute atomic E-state index is 0.0322. The molecule has 3 unspecified atom stereocenters. The summed E-state index contributed by atoms with van der Waals surface area (Å²) in [4.78, 5) is 2.46. The van der Waals surface area contributed by atoms with Gasteiger partial charge in [0.1, 0.15) is 17.7 Å². The van der Waals surface area contributed by atoms with Gasteiger partial charge in [0.2, 0.25) is 0 Å². The highest BCUT2D eigenvalue weighted by atomic mass is 16.5. The first kappa shape index (κ1) is 24.3. The Bertz CT molecular complexity index is 1750. The molecular formula is C38H34N2O. The molecule has 2 heterocycles. The van der Waals surface area contributed by atoms with Gasteiger partial charge in [0.25, 0.3) is 0 Å². The molecule has 3 heteroatoms. The van der Waals surface area contributed by atoms with Crippen LogP contribution in [0, 0.1) is 11.8 Å². The Morgan fingerprint density at radius 3 is 2.20 bits per heavy atom. The summed E-state index contributed by atoms with van der Waals surface area (Å²) in [6.45, 7) is 6.88. The fourth-order valence-corrected chi connectivity index (χ4v) is 7.95. The Morgan fingerprint density at radius 1 is 0.805 bits per heavy atom. The van der Waals surface area contributed by atoms with Crippen LogP contribution in [-0.2, 0) is 5.41 Å². The van der Waals surface area contributed by atoms with Crippen molar-refractivity contribution in [1.82, 2.24) is 10.2 Å². The fourth-order valence-electron chi connectivity index (χ4n) is 7.95. The van der Waals surface area contributed by atoms with Crippen LogP contribution in [0.1, 0.15) is 61.2 Å². The molecule has 0 fully saturated rings. The van der Waals surface area contributed by atoms with Crippen LogP contribution < -0.4 is 10.1 Å². The largest absolute Gasteiger partial charge is 0.457 e. The molecule has 2 aliphatic carbocycles. The summed E-state index contributed by atoms with van der Waals surface area (Å²) >= 11 is 0. The molecule has 4 aromatic carbocycles. The van der Waals surface area contributed by atoms with Crippen molar-refractivity contribution in [1.29, 1.82) is 0 Å². The van der Waals surface area contributed by atoms with Gasteiger partial charge in [0.15, 0.2) is 0 Å². The van der Waals surface area contributed by atoms with Crippen LogP contribution in [0.25, 0.3) is 11.1 Å². The van der Waals surface area contributed by atoms with E-state index < -0.39 is 5.41 Å². The van der Waals surface area contributed by atoms with E-state index in [-0.39, 0.29) is 6.17 Å². The third-order valence-electron chi connectivity index (χ3n) is 9.61. The van der Waals surface area contributed by atoms with Gasteiger partial charge >= 0.3 is 0 Å². The summed E-state index contributed by atoms with van der Waals surface area (Å²) in [5.41, 5.74) is 11.2. The minimum Gasteiger partial charge on any atom is -0.457 e. The highest BCUT2D eigenvalue weighted by Gasteiger charge is 2.51. The molecule has 0 radical (unpaired) electrons. The molecule has 0 aromatic heterocycles. The highest BCUT2D eigenvalue weighted by molar-refractivity contribution is 5.88. The van der Waals surface area contributed by atoms with Crippen LogP contribution >= 0.6 is 0 Å². The molecular weight excluding hydrogens is 500 g/mol. The van der Waals surface area contributed by atoms with Crippen molar-refractivity contribution in [2.24, 2.45) is 11.8 Å². The number of nitrogens with one attached hydrogen (secondary N) is 1. The Kier molecular flexibility index (Phi) is 5.34. The Balaban J connectivity index is 1.35. The number of fused-ring (bicyclic) bond motifs is 9. The van der Waals surface area contributed by atoms with Crippen molar-refractivity contribution in [3.8, 4) is 22.6 Å². The molecule has 1 spiro atoms. The summed E-state index contributed by atoms with van der Waals surface area (Å²) < 4.78 is 6.52. The smallest absolute Gasteiger partial charge is 0.132 e. The Labute approximate surface area is 242 Å². The van der Waals surface area contributed by atoms with Crippen LogP contribution in [0.3, 0.4) is 0 Å². The van der Waals surface area contributed by atoms with E-state index in [1.54, 1.807) is 0 Å². The normalized spacial score (nSPS) is 22.6. The lowest BCUT2D eigenvalue weighted by molar-refractivity contribution is 0.279. The molecule has 1 N–H and O–H groups in total. The Morgan fingerprint density at radius 2 is 1.46 bits per heavy atom. The number of ether oxygens (including phenoxy) is 1. The molecule has 3 nitrogen and oxygen atoms in total. The number of nitrogens with zero attached hydrogens (tertiary/aromatic N) is 1. The van der Waals surface area contributed by atoms with E-state index in [1.807, 2.05) is 0 Å². The maximum Gasteiger partial charge on any atom is 0.132 e. The molecule has 3 atom stereocenters. The standard InChI is InChI=1S/C38H34N2O/c1-4-27-25(3)21-24(2)22-34(27)40-20-19-39-37(40)26-17-18-29-28-11-5-6-12-30(28)38(33(29)23-26)31-13-7-9-15-35(31)41-36-16-10-8-14-32(36)38/h5-23,25,27,37,39H,4H2,1-3H3. The number of hydrogen-bond donors (Lipinski definition) is 1. The molecule has 2 aliphatic heterocycles. The quantitative estimate of drug-likeness (QED) is 0.245. The number of rotatable bonds is 3. The second-order valence-electron chi connectivity index (χ2n) is 11.8. The monoisotopic (exact) mass is 534 g/mol. The maximum atomic E-state index is 6.52. The molecule has 202 valence electrons.